The molecule has 1 aliphatic rings. The molecule has 3 aromatic carbocycles. The molecule has 10 heteroatoms. The van der Waals surface area contributed by atoms with Crippen molar-refractivity contribution in [2.45, 2.75) is 20.3 Å². The van der Waals surface area contributed by atoms with Crippen LogP contribution < -0.4 is 20.3 Å². The molecule has 0 aliphatic carbocycles. The minimum Gasteiger partial charge on any atom is -0.494 e. The van der Waals surface area contributed by atoms with Crippen LogP contribution in [0.25, 0.3) is 0 Å². The number of carbonyl (C=O) groups excluding carboxylic acids is 4. The maximum atomic E-state index is 13.0. The fourth-order valence-corrected chi connectivity index (χ4v) is 3.97. The number of hydrogen-bond donors (Lipinski definition) is 2. The Balaban J connectivity index is 1.42. The molecular formula is C29H26ClN3O6. The molecule has 39 heavy (non-hydrogen) atoms. The monoisotopic (exact) mass is 547 g/mol. The summed E-state index contributed by atoms with van der Waals surface area (Å²) in [5, 5.41) is 5.39. The van der Waals surface area contributed by atoms with E-state index in [-0.39, 0.29) is 10.7 Å². The Kier molecular flexibility index (Phi) is 8.63. The number of nitrogens with zero attached hydrogens (tertiary/aromatic N) is 1. The second-order valence-corrected chi connectivity index (χ2v) is 8.81. The minimum absolute atomic E-state index is 0.0699. The fraction of sp³-hybridized carbons (Fsp3) is 0.172. The first kappa shape index (κ1) is 27.4. The van der Waals surface area contributed by atoms with Crippen molar-refractivity contribution in [3.05, 3.63) is 94.7 Å². The SMILES string of the molecule is CCCOC(=O)c1cccc(NC(=O)c2ccc(NC3=C(Cl)C(=O)N(c4ccc(OCC)cc4)C3=O)cc2)c1. The average Bonchev–Trinajstić information content (AvgIpc) is 3.15. The van der Waals surface area contributed by atoms with Gasteiger partial charge in [0.25, 0.3) is 17.7 Å². The Hall–Kier alpha value is -4.63. The van der Waals surface area contributed by atoms with Gasteiger partial charge in [-0.25, -0.2) is 9.69 Å². The number of benzene rings is 3. The number of carbonyl (C=O) groups is 4. The number of rotatable bonds is 10. The fourth-order valence-electron chi connectivity index (χ4n) is 3.76. The van der Waals surface area contributed by atoms with Gasteiger partial charge in [0.15, 0.2) is 0 Å². The molecule has 0 saturated heterocycles. The Morgan fingerprint density at radius 2 is 1.59 bits per heavy atom. The molecule has 2 N–H and O–H groups in total. The van der Waals surface area contributed by atoms with Gasteiger partial charge in [-0.2, -0.15) is 0 Å². The summed E-state index contributed by atoms with van der Waals surface area (Å²) in [6, 6.07) is 19.3. The lowest BCUT2D eigenvalue weighted by Crippen LogP contribution is -2.32. The van der Waals surface area contributed by atoms with Gasteiger partial charge in [0.1, 0.15) is 16.5 Å². The molecule has 200 valence electrons. The van der Waals surface area contributed by atoms with Crippen molar-refractivity contribution in [3.8, 4) is 5.75 Å². The molecular weight excluding hydrogens is 522 g/mol. The van der Waals surface area contributed by atoms with Crippen LogP contribution in [0.15, 0.2) is 83.5 Å². The second kappa shape index (κ2) is 12.3. The molecule has 3 aromatic rings. The third kappa shape index (κ3) is 6.27. The number of imide groups is 1. The van der Waals surface area contributed by atoms with Crippen LogP contribution in [0, 0.1) is 0 Å². The summed E-state index contributed by atoms with van der Waals surface area (Å²) in [6.07, 6.45) is 0.710. The Morgan fingerprint density at radius 1 is 0.872 bits per heavy atom. The van der Waals surface area contributed by atoms with E-state index in [2.05, 4.69) is 10.6 Å². The van der Waals surface area contributed by atoms with Gasteiger partial charge in [0.05, 0.1) is 24.5 Å². The Morgan fingerprint density at radius 3 is 2.26 bits per heavy atom. The highest BCUT2D eigenvalue weighted by atomic mass is 35.5. The van der Waals surface area contributed by atoms with E-state index in [1.165, 1.54) is 0 Å². The normalized spacial score (nSPS) is 12.9. The largest absolute Gasteiger partial charge is 0.494 e. The first-order valence-electron chi connectivity index (χ1n) is 12.3. The molecule has 3 amide bonds. The molecule has 0 radical (unpaired) electrons. The molecule has 0 unspecified atom stereocenters. The number of hydrogen-bond acceptors (Lipinski definition) is 7. The van der Waals surface area contributed by atoms with Crippen LogP contribution in [0.5, 0.6) is 5.75 Å². The van der Waals surface area contributed by atoms with Gasteiger partial charge in [0, 0.05) is 16.9 Å². The summed E-state index contributed by atoms with van der Waals surface area (Å²) in [5.74, 6) is -1.49. The highest BCUT2D eigenvalue weighted by Crippen LogP contribution is 2.31. The molecule has 9 nitrogen and oxygen atoms in total. The summed E-state index contributed by atoms with van der Waals surface area (Å²) in [7, 11) is 0. The Bertz CT molecular complexity index is 1430. The van der Waals surface area contributed by atoms with Crippen molar-refractivity contribution >= 4 is 52.4 Å². The number of amides is 3. The lowest BCUT2D eigenvalue weighted by Gasteiger charge is -2.15. The van der Waals surface area contributed by atoms with Crippen molar-refractivity contribution in [1.82, 2.24) is 0 Å². The van der Waals surface area contributed by atoms with Crippen LogP contribution in [-0.2, 0) is 14.3 Å². The smallest absolute Gasteiger partial charge is 0.338 e. The Labute approximate surface area is 230 Å². The molecule has 0 bridgehead atoms. The van der Waals surface area contributed by atoms with E-state index in [0.29, 0.717) is 53.6 Å². The van der Waals surface area contributed by atoms with Crippen LogP contribution in [0.2, 0.25) is 0 Å². The number of anilines is 3. The van der Waals surface area contributed by atoms with E-state index >= 15 is 0 Å². The van der Waals surface area contributed by atoms with Gasteiger partial charge < -0.3 is 20.1 Å². The first-order chi connectivity index (χ1) is 18.8. The zero-order valence-corrected chi connectivity index (χ0v) is 22.1. The zero-order chi connectivity index (χ0) is 27.9. The summed E-state index contributed by atoms with van der Waals surface area (Å²) in [6.45, 7) is 4.57. The molecule has 0 saturated carbocycles. The highest BCUT2D eigenvalue weighted by Gasteiger charge is 2.39. The van der Waals surface area contributed by atoms with E-state index in [1.807, 2.05) is 13.8 Å². The summed E-state index contributed by atoms with van der Waals surface area (Å²) in [5.41, 5.74) is 1.85. The van der Waals surface area contributed by atoms with Crippen molar-refractivity contribution in [2.24, 2.45) is 0 Å². The van der Waals surface area contributed by atoms with Crippen molar-refractivity contribution in [2.75, 3.05) is 28.7 Å². The van der Waals surface area contributed by atoms with Gasteiger partial charge >= 0.3 is 5.97 Å². The maximum Gasteiger partial charge on any atom is 0.338 e. The van der Waals surface area contributed by atoms with E-state index in [1.54, 1.807) is 72.8 Å². The first-order valence-corrected chi connectivity index (χ1v) is 12.7. The number of ether oxygens (including phenoxy) is 2. The van der Waals surface area contributed by atoms with E-state index in [9.17, 15) is 19.2 Å². The number of halogens is 1. The predicted octanol–water partition coefficient (Wildman–Crippen LogP) is 5.34. The topological polar surface area (TPSA) is 114 Å². The van der Waals surface area contributed by atoms with Crippen molar-refractivity contribution in [3.63, 3.8) is 0 Å². The minimum atomic E-state index is -0.648. The standard InChI is InChI=1S/C29H26ClN3O6/c1-3-16-39-29(37)19-6-5-7-21(17-19)32-26(34)18-8-10-20(11-9-18)31-25-24(30)27(35)33(28(25)36)22-12-14-23(15-13-22)38-4-2/h5-15,17,31H,3-4,16H2,1-2H3,(H,32,34). The highest BCUT2D eigenvalue weighted by molar-refractivity contribution is 6.53. The van der Waals surface area contributed by atoms with E-state index in [0.717, 1.165) is 4.90 Å². The number of nitrogens with one attached hydrogen (secondary N) is 2. The third-order valence-corrected chi connectivity index (χ3v) is 5.99. The maximum absolute atomic E-state index is 13.0. The van der Waals surface area contributed by atoms with Crippen LogP contribution in [0.1, 0.15) is 41.0 Å². The lowest BCUT2D eigenvalue weighted by atomic mass is 10.1. The quantitative estimate of drug-likeness (QED) is 0.260. The molecule has 0 spiro atoms. The second-order valence-electron chi connectivity index (χ2n) is 8.43. The van der Waals surface area contributed by atoms with Crippen LogP contribution in [0.4, 0.5) is 17.1 Å². The van der Waals surface area contributed by atoms with Gasteiger partial charge in [-0.15, -0.1) is 0 Å². The summed E-state index contributed by atoms with van der Waals surface area (Å²) >= 11 is 6.22. The van der Waals surface area contributed by atoms with Gasteiger partial charge in [-0.05, 0) is 80.1 Å². The van der Waals surface area contributed by atoms with Crippen LogP contribution >= 0.6 is 11.6 Å². The zero-order valence-electron chi connectivity index (χ0n) is 21.3. The molecule has 0 fully saturated rings. The van der Waals surface area contributed by atoms with Gasteiger partial charge in [-0.3, -0.25) is 14.4 Å². The van der Waals surface area contributed by atoms with E-state index in [4.69, 9.17) is 21.1 Å². The molecule has 1 heterocycles. The third-order valence-electron chi connectivity index (χ3n) is 5.64. The van der Waals surface area contributed by atoms with Crippen molar-refractivity contribution in [1.29, 1.82) is 0 Å². The number of esters is 1. The summed E-state index contributed by atoms with van der Waals surface area (Å²) in [4.78, 5) is 51.6. The van der Waals surface area contributed by atoms with Gasteiger partial charge in [-0.1, -0.05) is 24.6 Å². The van der Waals surface area contributed by atoms with E-state index < -0.39 is 23.7 Å². The molecule has 0 aromatic heterocycles. The molecule has 0 atom stereocenters. The van der Waals surface area contributed by atoms with Crippen molar-refractivity contribution < 1.29 is 28.7 Å². The van der Waals surface area contributed by atoms with Crippen LogP contribution in [-0.4, -0.2) is 36.9 Å². The van der Waals surface area contributed by atoms with Crippen LogP contribution in [0.3, 0.4) is 0 Å². The lowest BCUT2D eigenvalue weighted by molar-refractivity contribution is -0.120. The average molecular weight is 548 g/mol. The molecule has 1 aliphatic heterocycles. The van der Waals surface area contributed by atoms with Gasteiger partial charge in [0.2, 0.25) is 0 Å². The molecule has 4 rings (SSSR count). The summed E-state index contributed by atoms with van der Waals surface area (Å²) < 4.78 is 10.5. The predicted molar refractivity (Wildman–Crippen MR) is 148 cm³/mol.